The first-order valence-corrected chi connectivity index (χ1v) is 6.29. The Morgan fingerprint density at radius 1 is 1.50 bits per heavy atom. The quantitative estimate of drug-likeness (QED) is 0.654. The summed E-state index contributed by atoms with van der Waals surface area (Å²) < 4.78 is 4.80. The second-order valence-electron chi connectivity index (χ2n) is 4.87. The summed E-state index contributed by atoms with van der Waals surface area (Å²) in [6.07, 6.45) is 3.79. The number of nitrogen functional groups attached to an aromatic ring is 1. The van der Waals surface area contributed by atoms with Gasteiger partial charge in [-0.25, -0.2) is 4.79 Å². The van der Waals surface area contributed by atoms with Crippen molar-refractivity contribution in [3.63, 3.8) is 0 Å². The molecular weight excluding hydrogens is 228 g/mol. The zero-order valence-corrected chi connectivity index (χ0v) is 11.0. The molecule has 0 radical (unpaired) electrons. The van der Waals surface area contributed by atoms with E-state index >= 15 is 0 Å². The van der Waals surface area contributed by atoms with Gasteiger partial charge < -0.3 is 10.5 Å². The molecule has 0 unspecified atom stereocenters. The zero-order chi connectivity index (χ0) is 13.1. The number of carbonyl (C=O) groups excluding carboxylic acids is 1. The second-order valence-corrected chi connectivity index (χ2v) is 4.87. The van der Waals surface area contributed by atoms with E-state index in [4.69, 9.17) is 10.5 Å². The van der Waals surface area contributed by atoms with E-state index in [0.29, 0.717) is 17.3 Å². The van der Waals surface area contributed by atoms with Gasteiger partial charge in [0.05, 0.1) is 12.7 Å². The predicted molar refractivity (Wildman–Crippen MR) is 71.3 cm³/mol. The standard InChI is InChI=1S/C14H20N2O2/c1-16(11-6-4-7-11)9-10-5-3-8-12(15)13(10)14(17)18-2/h3,5,8,11H,4,6-7,9,15H2,1-2H3. The van der Waals surface area contributed by atoms with Gasteiger partial charge in [-0.2, -0.15) is 0 Å². The van der Waals surface area contributed by atoms with Gasteiger partial charge in [0.15, 0.2) is 0 Å². The van der Waals surface area contributed by atoms with Crippen LogP contribution in [0.4, 0.5) is 5.69 Å². The van der Waals surface area contributed by atoms with E-state index in [1.54, 1.807) is 6.07 Å². The van der Waals surface area contributed by atoms with Crippen LogP contribution in [0.2, 0.25) is 0 Å². The third kappa shape index (κ3) is 2.48. The van der Waals surface area contributed by atoms with Gasteiger partial charge in [-0.3, -0.25) is 4.90 Å². The third-order valence-electron chi connectivity index (χ3n) is 3.69. The molecule has 0 amide bonds. The first kappa shape index (κ1) is 12.9. The fourth-order valence-corrected chi connectivity index (χ4v) is 2.33. The maximum Gasteiger partial charge on any atom is 0.340 e. The van der Waals surface area contributed by atoms with Gasteiger partial charge in [-0.05, 0) is 31.5 Å². The van der Waals surface area contributed by atoms with Crippen molar-refractivity contribution in [2.24, 2.45) is 0 Å². The molecule has 0 bridgehead atoms. The lowest BCUT2D eigenvalue weighted by Crippen LogP contribution is -2.36. The summed E-state index contributed by atoms with van der Waals surface area (Å²) >= 11 is 0. The van der Waals surface area contributed by atoms with Gasteiger partial charge in [0, 0.05) is 18.3 Å². The molecule has 1 aliphatic carbocycles. The lowest BCUT2D eigenvalue weighted by Gasteiger charge is -2.35. The average Bonchev–Trinajstić information content (AvgIpc) is 2.26. The molecule has 0 heterocycles. The number of methoxy groups -OCH3 is 1. The molecule has 0 spiro atoms. The Morgan fingerprint density at radius 3 is 2.78 bits per heavy atom. The number of benzene rings is 1. The molecule has 1 aromatic carbocycles. The third-order valence-corrected chi connectivity index (χ3v) is 3.69. The van der Waals surface area contributed by atoms with Crippen molar-refractivity contribution in [3.8, 4) is 0 Å². The summed E-state index contributed by atoms with van der Waals surface area (Å²) in [6, 6.07) is 6.19. The minimum absolute atomic E-state index is 0.356. The van der Waals surface area contributed by atoms with Gasteiger partial charge in [-0.15, -0.1) is 0 Å². The van der Waals surface area contributed by atoms with Gasteiger partial charge >= 0.3 is 5.97 Å². The normalized spacial score (nSPS) is 15.5. The number of carbonyl (C=O) groups is 1. The summed E-state index contributed by atoms with van der Waals surface area (Å²) in [7, 11) is 3.47. The van der Waals surface area contributed by atoms with Crippen LogP contribution in [-0.4, -0.2) is 31.1 Å². The van der Waals surface area contributed by atoms with Crippen LogP contribution >= 0.6 is 0 Å². The SMILES string of the molecule is COC(=O)c1c(N)cccc1CN(C)C1CCC1. The minimum atomic E-state index is -0.356. The Morgan fingerprint density at radius 2 is 2.22 bits per heavy atom. The molecule has 0 aliphatic heterocycles. The van der Waals surface area contributed by atoms with Crippen LogP contribution in [-0.2, 0) is 11.3 Å². The molecule has 98 valence electrons. The first-order chi connectivity index (χ1) is 8.63. The highest BCUT2D eigenvalue weighted by Gasteiger charge is 2.24. The van der Waals surface area contributed by atoms with E-state index in [0.717, 1.165) is 12.1 Å². The van der Waals surface area contributed by atoms with Gasteiger partial charge in [0.1, 0.15) is 0 Å². The first-order valence-electron chi connectivity index (χ1n) is 6.29. The Bertz CT molecular complexity index is 441. The van der Waals surface area contributed by atoms with Gasteiger partial charge in [0.2, 0.25) is 0 Å². The van der Waals surface area contributed by atoms with Crippen LogP contribution in [0.15, 0.2) is 18.2 Å². The lowest BCUT2D eigenvalue weighted by atomic mass is 9.91. The van der Waals surface area contributed by atoms with Crippen molar-refractivity contribution in [2.75, 3.05) is 19.9 Å². The number of nitrogens with two attached hydrogens (primary N) is 1. The monoisotopic (exact) mass is 248 g/mol. The minimum Gasteiger partial charge on any atom is -0.465 e. The second kappa shape index (κ2) is 5.40. The van der Waals surface area contributed by atoms with E-state index in [1.165, 1.54) is 26.4 Å². The number of nitrogens with zero attached hydrogens (tertiary/aromatic N) is 1. The van der Waals surface area contributed by atoms with Gasteiger partial charge in [-0.1, -0.05) is 18.6 Å². The van der Waals surface area contributed by atoms with E-state index < -0.39 is 0 Å². The molecular formula is C14H20N2O2. The van der Waals surface area contributed by atoms with Crippen LogP contribution < -0.4 is 5.73 Å². The molecule has 1 saturated carbocycles. The van der Waals surface area contributed by atoms with E-state index in [1.807, 2.05) is 12.1 Å². The maximum absolute atomic E-state index is 11.8. The van der Waals surface area contributed by atoms with Crippen LogP contribution in [0, 0.1) is 0 Å². The number of anilines is 1. The highest BCUT2D eigenvalue weighted by molar-refractivity contribution is 5.96. The maximum atomic E-state index is 11.8. The number of esters is 1. The smallest absolute Gasteiger partial charge is 0.340 e. The summed E-state index contributed by atoms with van der Waals surface area (Å²) in [6.45, 7) is 0.736. The highest BCUT2D eigenvalue weighted by Crippen LogP contribution is 2.26. The lowest BCUT2D eigenvalue weighted by molar-refractivity contribution is 0.0598. The molecule has 18 heavy (non-hydrogen) atoms. The molecule has 0 aromatic heterocycles. The van der Waals surface area contributed by atoms with Crippen molar-refractivity contribution >= 4 is 11.7 Å². The molecule has 2 N–H and O–H groups in total. The molecule has 1 aliphatic rings. The van der Waals surface area contributed by atoms with Crippen LogP contribution in [0.3, 0.4) is 0 Å². The molecule has 4 nitrogen and oxygen atoms in total. The molecule has 4 heteroatoms. The molecule has 1 aromatic rings. The Hall–Kier alpha value is -1.55. The Labute approximate surface area is 108 Å². The fourth-order valence-electron chi connectivity index (χ4n) is 2.33. The zero-order valence-electron chi connectivity index (χ0n) is 11.0. The van der Waals surface area contributed by atoms with Crippen molar-refractivity contribution in [1.29, 1.82) is 0 Å². The van der Waals surface area contributed by atoms with Crippen molar-refractivity contribution < 1.29 is 9.53 Å². The van der Waals surface area contributed by atoms with Crippen LogP contribution in [0.5, 0.6) is 0 Å². The molecule has 0 saturated heterocycles. The molecule has 1 fully saturated rings. The van der Waals surface area contributed by atoms with Crippen LogP contribution in [0.1, 0.15) is 35.2 Å². The topological polar surface area (TPSA) is 55.6 Å². The van der Waals surface area contributed by atoms with Gasteiger partial charge in [0.25, 0.3) is 0 Å². The number of rotatable bonds is 4. The molecule has 0 atom stereocenters. The predicted octanol–water partition coefficient (Wildman–Crippen LogP) is 2.04. The Kier molecular flexibility index (Phi) is 3.87. The van der Waals surface area contributed by atoms with E-state index in [9.17, 15) is 4.79 Å². The van der Waals surface area contributed by atoms with E-state index in [-0.39, 0.29) is 5.97 Å². The average molecular weight is 248 g/mol. The van der Waals surface area contributed by atoms with Crippen LogP contribution in [0.25, 0.3) is 0 Å². The van der Waals surface area contributed by atoms with Crippen molar-refractivity contribution in [2.45, 2.75) is 31.8 Å². The summed E-state index contributed by atoms with van der Waals surface area (Å²) in [5, 5.41) is 0. The van der Waals surface area contributed by atoms with Crippen molar-refractivity contribution in [3.05, 3.63) is 29.3 Å². The highest BCUT2D eigenvalue weighted by atomic mass is 16.5. The fraction of sp³-hybridized carbons (Fsp3) is 0.500. The summed E-state index contributed by atoms with van der Waals surface area (Å²) in [5.74, 6) is -0.356. The largest absolute Gasteiger partial charge is 0.465 e. The summed E-state index contributed by atoms with van der Waals surface area (Å²) in [4.78, 5) is 14.1. The number of ether oxygens (including phenoxy) is 1. The van der Waals surface area contributed by atoms with Crippen molar-refractivity contribution in [1.82, 2.24) is 4.90 Å². The molecule has 2 rings (SSSR count). The summed E-state index contributed by atoms with van der Waals surface area (Å²) in [5.41, 5.74) is 7.81. The Balaban J connectivity index is 2.20. The number of hydrogen-bond acceptors (Lipinski definition) is 4. The number of hydrogen-bond donors (Lipinski definition) is 1. The van der Waals surface area contributed by atoms with E-state index in [2.05, 4.69) is 11.9 Å².